The average molecular weight is 210 g/mol. The van der Waals surface area contributed by atoms with Gasteiger partial charge >= 0.3 is 0 Å². The minimum atomic E-state index is 0.823. The number of hydrogen-bond donors (Lipinski definition) is 0. The Bertz CT molecular complexity index is 506. The maximum atomic E-state index is 10.1. The first kappa shape index (κ1) is 10.6. The summed E-state index contributed by atoms with van der Waals surface area (Å²) in [7, 11) is 0. The fraction of sp³-hybridized carbons (Fsp3) is 0.133. The molecule has 0 bridgehead atoms. The van der Waals surface area contributed by atoms with Crippen LogP contribution in [0.4, 0.5) is 0 Å². The molecule has 0 amide bonds. The average Bonchev–Trinajstić information content (AvgIpc) is 2.35. The Morgan fingerprint density at radius 3 is 2.69 bits per heavy atom. The van der Waals surface area contributed by atoms with Crippen LogP contribution in [-0.2, 0) is 11.2 Å². The Balaban J connectivity index is 2.23. The molecule has 1 nitrogen and oxygen atoms in total. The molecule has 0 atom stereocenters. The summed E-state index contributed by atoms with van der Waals surface area (Å²) >= 11 is 0. The van der Waals surface area contributed by atoms with Crippen molar-refractivity contribution in [3.63, 3.8) is 0 Å². The molecule has 0 aliphatic rings. The summed E-state index contributed by atoms with van der Waals surface area (Å²) in [5, 5.41) is 2.59. The second kappa shape index (κ2) is 5.26. The number of carbonyl (C=O) groups is 1. The lowest BCUT2D eigenvalue weighted by Crippen LogP contribution is -1.85. The van der Waals surface area contributed by atoms with Crippen molar-refractivity contribution >= 4 is 17.1 Å². The Morgan fingerprint density at radius 2 is 1.81 bits per heavy atom. The minimum absolute atomic E-state index is 0.823. The maximum Gasteiger partial charge on any atom is 0.142 e. The van der Waals surface area contributed by atoms with Crippen LogP contribution in [0.1, 0.15) is 12.0 Å². The maximum absolute atomic E-state index is 10.1. The number of benzene rings is 2. The van der Waals surface area contributed by atoms with Gasteiger partial charge in [0.25, 0.3) is 0 Å². The summed E-state index contributed by atoms with van der Waals surface area (Å²) in [5.41, 5.74) is 1.34. The lowest BCUT2D eigenvalue weighted by Gasteiger charge is -2.04. The molecule has 0 aliphatic carbocycles. The van der Waals surface area contributed by atoms with Crippen molar-refractivity contribution < 1.29 is 4.79 Å². The van der Waals surface area contributed by atoms with Crippen LogP contribution < -0.4 is 0 Å². The molecule has 0 unspecified atom stereocenters. The van der Waals surface area contributed by atoms with Crippen LogP contribution in [0.3, 0.4) is 0 Å². The van der Waals surface area contributed by atoms with Gasteiger partial charge in [-0.25, -0.2) is 0 Å². The van der Waals surface area contributed by atoms with E-state index in [1.807, 2.05) is 6.08 Å². The molecule has 2 aromatic carbocycles. The normalized spacial score (nSPS) is 11.0. The molecule has 0 radical (unpaired) electrons. The lowest BCUT2D eigenvalue weighted by molar-refractivity contribution is -0.104. The largest absolute Gasteiger partial charge is 0.299 e. The van der Waals surface area contributed by atoms with Crippen molar-refractivity contribution in [3.05, 3.63) is 60.2 Å². The van der Waals surface area contributed by atoms with Crippen LogP contribution in [0.5, 0.6) is 0 Å². The first-order valence-electron chi connectivity index (χ1n) is 5.49. The van der Waals surface area contributed by atoms with Crippen molar-refractivity contribution in [2.24, 2.45) is 0 Å². The van der Waals surface area contributed by atoms with E-state index in [0.29, 0.717) is 0 Å². The van der Waals surface area contributed by atoms with Gasteiger partial charge in [0.05, 0.1) is 0 Å². The van der Waals surface area contributed by atoms with Gasteiger partial charge in [0.1, 0.15) is 6.29 Å². The Hall–Kier alpha value is -1.89. The zero-order chi connectivity index (χ0) is 11.2. The first-order valence-corrected chi connectivity index (χ1v) is 5.49. The molecule has 2 aromatic rings. The zero-order valence-electron chi connectivity index (χ0n) is 9.10. The van der Waals surface area contributed by atoms with Gasteiger partial charge in [-0.1, -0.05) is 48.5 Å². The monoisotopic (exact) mass is 210 g/mol. The number of allylic oxidation sites excluding steroid dienone is 2. The summed E-state index contributed by atoms with van der Waals surface area (Å²) < 4.78 is 0. The quantitative estimate of drug-likeness (QED) is 0.557. The van der Waals surface area contributed by atoms with Crippen LogP contribution in [-0.4, -0.2) is 6.29 Å². The third-order valence-corrected chi connectivity index (χ3v) is 2.67. The Morgan fingerprint density at radius 1 is 1.00 bits per heavy atom. The molecule has 80 valence electrons. The van der Waals surface area contributed by atoms with E-state index < -0.39 is 0 Å². The van der Waals surface area contributed by atoms with Gasteiger partial charge in [-0.05, 0) is 35.3 Å². The fourth-order valence-electron chi connectivity index (χ4n) is 1.90. The standard InChI is InChI=1S/C15H14O/c16-12-5-1-2-7-13-9-6-10-14-8-3-4-11-15(13)14/h1,3-6,8-12H,2,7H2. The lowest BCUT2D eigenvalue weighted by atomic mass is 10.0. The molecular weight excluding hydrogens is 196 g/mol. The van der Waals surface area contributed by atoms with Crippen LogP contribution in [0, 0.1) is 0 Å². The minimum Gasteiger partial charge on any atom is -0.299 e. The molecule has 0 spiro atoms. The van der Waals surface area contributed by atoms with Gasteiger partial charge in [0, 0.05) is 0 Å². The van der Waals surface area contributed by atoms with Gasteiger partial charge < -0.3 is 0 Å². The van der Waals surface area contributed by atoms with Crippen molar-refractivity contribution in [3.8, 4) is 0 Å². The predicted octanol–water partition coefficient (Wildman–Crippen LogP) is 3.53. The van der Waals surface area contributed by atoms with E-state index in [9.17, 15) is 4.79 Å². The molecule has 0 heterocycles. The van der Waals surface area contributed by atoms with Gasteiger partial charge in [-0.3, -0.25) is 4.79 Å². The van der Waals surface area contributed by atoms with E-state index in [2.05, 4.69) is 42.5 Å². The van der Waals surface area contributed by atoms with E-state index >= 15 is 0 Å². The highest BCUT2D eigenvalue weighted by Crippen LogP contribution is 2.19. The molecule has 0 aliphatic heterocycles. The number of fused-ring (bicyclic) bond motifs is 1. The Labute approximate surface area is 95.4 Å². The number of aryl methyl sites for hydroxylation is 1. The van der Waals surface area contributed by atoms with E-state index in [-0.39, 0.29) is 0 Å². The highest BCUT2D eigenvalue weighted by Gasteiger charge is 1.98. The Kier molecular flexibility index (Phi) is 3.50. The summed E-state index contributed by atoms with van der Waals surface area (Å²) in [6.45, 7) is 0. The molecule has 2 rings (SSSR count). The number of carbonyl (C=O) groups excluding carboxylic acids is 1. The number of hydrogen-bond acceptors (Lipinski definition) is 1. The molecular formula is C15H14O. The van der Waals surface area contributed by atoms with E-state index in [4.69, 9.17) is 0 Å². The molecule has 0 N–H and O–H groups in total. The number of rotatable bonds is 4. The molecule has 0 saturated carbocycles. The second-order valence-electron chi connectivity index (χ2n) is 3.74. The fourth-order valence-corrected chi connectivity index (χ4v) is 1.90. The third-order valence-electron chi connectivity index (χ3n) is 2.67. The first-order chi connectivity index (χ1) is 7.92. The molecule has 0 fully saturated rings. The van der Waals surface area contributed by atoms with Crippen LogP contribution in [0.2, 0.25) is 0 Å². The van der Waals surface area contributed by atoms with Crippen molar-refractivity contribution in [2.45, 2.75) is 12.8 Å². The molecule has 0 saturated heterocycles. The highest BCUT2D eigenvalue weighted by molar-refractivity contribution is 5.85. The van der Waals surface area contributed by atoms with Crippen LogP contribution in [0.25, 0.3) is 10.8 Å². The smallest absolute Gasteiger partial charge is 0.142 e. The zero-order valence-corrected chi connectivity index (χ0v) is 9.10. The van der Waals surface area contributed by atoms with Crippen molar-refractivity contribution in [1.29, 1.82) is 0 Å². The summed E-state index contributed by atoms with van der Waals surface area (Å²) in [5.74, 6) is 0. The molecule has 1 heteroatoms. The van der Waals surface area contributed by atoms with Gasteiger partial charge in [-0.15, -0.1) is 0 Å². The second-order valence-corrected chi connectivity index (χ2v) is 3.74. The summed E-state index contributed by atoms with van der Waals surface area (Å²) in [6.07, 6.45) is 6.18. The van der Waals surface area contributed by atoms with Gasteiger partial charge in [-0.2, -0.15) is 0 Å². The highest BCUT2D eigenvalue weighted by atomic mass is 16.1. The van der Waals surface area contributed by atoms with Gasteiger partial charge in [0.15, 0.2) is 0 Å². The number of aldehydes is 1. The third kappa shape index (κ3) is 2.37. The molecule has 0 aromatic heterocycles. The van der Waals surface area contributed by atoms with Crippen molar-refractivity contribution in [2.75, 3.05) is 0 Å². The predicted molar refractivity (Wildman–Crippen MR) is 67.5 cm³/mol. The van der Waals surface area contributed by atoms with Crippen molar-refractivity contribution in [1.82, 2.24) is 0 Å². The van der Waals surface area contributed by atoms with Crippen LogP contribution >= 0.6 is 0 Å². The van der Waals surface area contributed by atoms with E-state index in [1.54, 1.807) is 6.08 Å². The summed E-state index contributed by atoms with van der Waals surface area (Å²) in [4.78, 5) is 10.1. The van der Waals surface area contributed by atoms with Gasteiger partial charge in [0.2, 0.25) is 0 Å². The summed E-state index contributed by atoms with van der Waals surface area (Å²) in [6, 6.07) is 14.7. The van der Waals surface area contributed by atoms with E-state index in [0.717, 1.165) is 19.1 Å². The van der Waals surface area contributed by atoms with E-state index in [1.165, 1.54) is 16.3 Å². The van der Waals surface area contributed by atoms with Crippen LogP contribution in [0.15, 0.2) is 54.6 Å². The molecule has 16 heavy (non-hydrogen) atoms. The topological polar surface area (TPSA) is 17.1 Å². The SMILES string of the molecule is O=CC=CCCc1cccc2ccccc12.